The van der Waals surface area contributed by atoms with Crippen LogP contribution in [0.25, 0.3) is 0 Å². The minimum Gasteiger partial charge on any atom is -0.395 e. The lowest BCUT2D eigenvalue weighted by molar-refractivity contribution is -0.482. The van der Waals surface area contributed by atoms with E-state index in [9.17, 15) is 35.4 Å². The Morgan fingerprint density at radius 3 is 2.03 bits per heavy atom. The van der Waals surface area contributed by atoms with Crippen LogP contribution in [0.2, 0.25) is 0 Å². The topological polar surface area (TPSA) is 198 Å². The Hall–Kier alpha value is -2.59. The van der Waals surface area contributed by atoms with Gasteiger partial charge in [-0.15, -0.1) is 0 Å². The van der Waals surface area contributed by atoms with Crippen molar-refractivity contribution >= 4 is 35.5 Å². The molecule has 3 N–H and O–H groups in total. The number of nitro groups is 1. The summed E-state index contributed by atoms with van der Waals surface area (Å²) in [7, 11) is -12.3. The number of hydrogen-bond acceptors (Lipinski definition) is 10. The van der Waals surface area contributed by atoms with Crippen molar-refractivity contribution in [3.05, 3.63) is 64.2 Å². The van der Waals surface area contributed by atoms with Crippen LogP contribution >= 0.6 is 0 Å². The minimum absolute atomic E-state index is 0.0629. The fourth-order valence-corrected chi connectivity index (χ4v) is 6.42. The summed E-state index contributed by atoms with van der Waals surface area (Å²) in [6.07, 6.45) is 0. The third-order valence-electron chi connectivity index (χ3n) is 4.48. The molecule has 1 unspecified atom stereocenters. The lowest BCUT2D eigenvalue weighted by Crippen LogP contribution is -2.21. The molecular weight excluding hydrogens is 500 g/mol. The summed E-state index contributed by atoms with van der Waals surface area (Å²) < 4.78 is 79.3. The molecule has 0 aliphatic carbocycles. The van der Waals surface area contributed by atoms with Crippen LogP contribution in [0.1, 0.15) is 11.6 Å². The van der Waals surface area contributed by atoms with Gasteiger partial charge in [-0.2, -0.15) is 8.42 Å². The van der Waals surface area contributed by atoms with Crippen LogP contribution in [0.15, 0.2) is 58.3 Å². The summed E-state index contributed by atoms with van der Waals surface area (Å²) in [5.74, 6) is -2.30. The first-order valence-corrected chi connectivity index (χ1v) is 14.2. The van der Waals surface area contributed by atoms with Crippen molar-refractivity contribution in [2.45, 2.75) is 15.8 Å². The Bertz CT molecular complexity index is 1310. The van der Waals surface area contributed by atoms with Gasteiger partial charge in [0.2, 0.25) is 6.54 Å². The molecule has 0 aromatic heterocycles. The van der Waals surface area contributed by atoms with E-state index in [4.69, 9.17) is 9.66 Å². The standard InChI is InChI=1S/C18H22N2O10S3/c21-8-9-31(24,25)16-6-4-14(5-7-16)18(13-20(22)23)19-15-2-1-3-17(12-15)32(26,27)10-11-33(28,29)30/h1-7,12,18-19,21H,8-11,13H2,(H,28,29,30). The molecule has 0 saturated heterocycles. The highest BCUT2D eigenvalue weighted by molar-refractivity contribution is 7.93. The first-order valence-electron chi connectivity index (χ1n) is 9.33. The Morgan fingerprint density at radius 2 is 1.48 bits per heavy atom. The fraction of sp³-hybridized carbons (Fsp3) is 0.333. The van der Waals surface area contributed by atoms with Crippen LogP contribution in [0.3, 0.4) is 0 Å². The first-order chi connectivity index (χ1) is 15.2. The summed E-state index contributed by atoms with van der Waals surface area (Å²) in [6.45, 7) is -1.17. The highest BCUT2D eigenvalue weighted by Crippen LogP contribution is 2.24. The molecule has 0 saturated carbocycles. The number of anilines is 1. The van der Waals surface area contributed by atoms with Crippen LogP contribution in [0.5, 0.6) is 0 Å². The van der Waals surface area contributed by atoms with Crippen LogP contribution in [0, 0.1) is 10.1 Å². The van der Waals surface area contributed by atoms with Crippen LogP contribution in [-0.4, -0.2) is 70.2 Å². The Kier molecular flexibility index (Phi) is 8.53. The number of aliphatic hydroxyl groups excluding tert-OH is 1. The van der Waals surface area contributed by atoms with E-state index in [0.717, 1.165) is 0 Å². The number of benzene rings is 2. The number of aliphatic hydroxyl groups is 1. The average molecular weight is 523 g/mol. The summed E-state index contributed by atoms with van der Waals surface area (Å²) in [5, 5.41) is 22.9. The molecule has 182 valence electrons. The van der Waals surface area contributed by atoms with Crippen molar-refractivity contribution in [1.29, 1.82) is 0 Å². The second-order valence-corrected chi connectivity index (χ2v) is 12.7. The highest BCUT2D eigenvalue weighted by Gasteiger charge is 2.22. The maximum atomic E-state index is 12.4. The monoisotopic (exact) mass is 522 g/mol. The zero-order valence-electron chi connectivity index (χ0n) is 17.1. The third-order valence-corrected chi connectivity index (χ3v) is 8.88. The zero-order chi connectivity index (χ0) is 24.9. The average Bonchev–Trinajstić information content (AvgIpc) is 2.71. The van der Waals surface area contributed by atoms with Crippen LogP contribution in [0.4, 0.5) is 5.69 Å². The predicted octanol–water partition coefficient (Wildman–Crippen LogP) is 0.544. The maximum Gasteiger partial charge on any atom is 0.265 e. The van der Waals surface area contributed by atoms with Crippen molar-refractivity contribution in [1.82, 2.24) is 0 Å². The van der Waals surface area contributed by atoms with Gasteiger partial charge in [0.25, 0.3) is 10.1 Å². The second-order valence-electron chi connectivity index (χ2n) is 6.96. The smallest absolute Gasteiger partial charge is 0.265 e. The largest absolute Gasteiger partial charge is 0.395 e. The number of hydrogen-bond donors (Lipinski definition) is 3. The molecule has 0 radical (unpaired) electrons. The van der Waals surface area contributed by atoms with Gasteiger partial charge in [0, 0.05) is 10.6 Å². The number of nitrogens with zero attached hydrogens (tertiary/aromatic N) is 1. The molecule has 0 amide bonds. The fourth-order valence-electron chi connectivity index (χ4n) is 2.84. The van der Waals surface area contributed by atoms with E-state index in [1.807, 2.05) is 0 Å². The minimum atomic E-state index is -4.49. The first kappa shape index (κ1) is 26.7. The number of sulfone groups is 2. The molecule has 0 aliphatic heterocycles. The van der Waals surface area contributed by atoms with Gasteiger partial charge in [0.05, 0.1) is 33.7 Å². The normalized spacial score (nSPS) is 13.4. The predicted molar refractivity (Wildman–Crippen MR) is 119 cm³/mol. The van der Waals surface area contributed by atoms with E-state index in [1.165, 1.54) is 48.5 Å². The Morgan fingerprint density at radius 1 is 0.879 bits per heavy atom. The van der Waals surface area contributed by atoms with E-state index >= 15 is 0 Å². The van der Waals surface area contributed by atoms with Crippen molar-refractivity contribution in [2.75, 3.05) is 35.7 Å². The van der Waals surface area contributed by atoms with E-state index in [1.54, 1.807) is 0 Å². The van der Waals surface area contributed by atoms with Crippen LogP contribution in [-0.2, 0) is 29.8 Å². The van der Waals surface area contributed by atoms with Gasteiger partial charge in [-0.05, 0) is 35.9 Å². The van der Waals surface area contributed by atoms with Gasteiger partial charge in [0.1, 0.15) is 6.04 Å². The van der Waals surface area contributed by atoms with Gasteiger partial charge in [0.15, 0.2) is 19.7 Å². The Balaban J connectivity index is 2.31. The lowest BCUT2D eigenvalue weighted by Gasteiger charge is -2.18. The molecule has 0 bridgehead atoms. The van der Waals surface area contributed by atoms with Gasteiger partial charge in [-0.1, -0.05) is 18.2 Å². The molecule has 0 fully saturated rings. The SMILES string of the molecule is O=[N+]([O-])CC(Nc1cccc(S(=O)(=O)CCS(=O)(=O)O)c1)c1ccc(S(=O)(=O)CCO)cc1. The summed E-state index contributed by atoms with van der Waals surface area (Å²) in [6, 6.07) is 9.50. The van der Waals surface area contributed by atoms with Crippen molar-refractivity contribution in [3.63, 3.8) is 0 Å². The van der Waals surface area contributed by atoms with Crippen molar-refractivity contribution in [3.8, 4) is 0 Å². The Labute approximate surface area is 191 Å². The molecule has 0 spiro atoms. The highest BCUT2D eigenvalue weighted by atomic mass is 32.2. The second kappa shape index (κ2) is 10.6. The van der Waals surface area contributed by atoms with Crippen molar-refractivity contribution < 1.29 is 39.8 Å². The summed E-state index contributed by atoms with van der Waals surface area (Å²) in [5.41, 5.74) is 0.543. The molecule has 1 atom stereocenters. The van der Waals surface area contributed by atoms with Gasteiger partial charge < -0.3 is 10.4 Å². The molecule has 2 aromatic rings. The number of rotatable bonds is 12. The third kappa shape index (κ3) is 8.04. The van der Waals surface area contributed by atoms with Gasteiger partial charge in [-0.3, -0.25) is 14.7 Å². The van der Waals surface area contributed by atoms with E-state index in [0.29, 0.717) is 5.56 Å². The quantitative estimate of drug-likeness (QED) is 0.200. The maximum absolute atomic E-state index is 12.4. The molecule has 0 aliphatic rings. The molecular formula is C18H22N2O10S3. The molecule has 12 nitrogen and oxygen atoms in total. The van der Waals surface area contributed by atoms with Gasteiger partial charge >= 0.3 is 0 Å². The lowest BCUT2D eigenvalue weighted by atomic mass is 10.1. The summed E-state index contributed by atoms with van der Waals surface area (Å²) >= 11 is 0. The van der Waals surface area contributed by atoms with Gasteiger partial charge in [-0.25, -0.2) is 16.8 Å². The molecule has 2 rings (SSSR count). The molecule has 2 aromatic carbocycles. The van der Waals surface area contributed by atoms with E-state index in [2.05, 4.69) is 5.32 Å². The van der Waals surface area contributed by atoms with E-state index in [-0.39, 0.29) is 15.5 Å². The molecule has 0 heterocycles. The number of nitrogens with one attached hydrogen (secondary N) is 1. The summed E-state index contributed by atoms with van der Waals surface area (Å²) in [4.78, 5) is 10.2. The van der Waals surface area contributed by atoms with Crippen LogP contribution < -0.4 is 5.32 Å². The zero-order valence-corrected chi connectivity index (χ0v) is 19.5. The van der Waals surface area contributed by atoms with E-state index < -0.39 is 71.2 Å². The molecule has 33 heavy (non-hydrogen) atoms. The van der Waals surface area contributed by atoms with Crippen molar-refractivity contribution in [2.24, 2.45) is 0 Å². The molecule has 15 heteroatoms.